The molecule has 0 N–H and O–H groups in total. The number of amides is 2. The van der Waals surface area contributed by atoms with Gasteiger partial charge in [0.05, 0.1) is 11.4 Å². The number of aliphatic imine (C=N–C) groups is 4. The standard InChI is InChI=1S/2C13H18N2O2.Zn/c2*1-12(2)6-10(16)14-8(12)5-9-13(3,4)7-11(17)15-9;/h2*5H,6-7H2,1-4H3,(H,14,16);/q;;+2/p-2/b2*8-5-;. The van der Waals surface area contributed by atoms with Gasteiger partial charge >= 0.3 is 19.5 Å². The van der Waals surface area contributed by atoms with E-state index in [1.54, 1.807) is 0 Å². The van der Waals surface area contributed by atoms with Gasteiger partial charge in [-0.05, 0) is 36.8 Å². The van der Waals surface area contributed by atoms with Gasteiger partial charge in [0.25, 0.3) is 0 Å². The summed E-state index contributed by atoms with van der Waals surface area (Å²) in [6, 6.07) is 0. The van der Waals surface area contributed by atoms with Crippen LogP contribution in [0.25, 0.3) is 0 Å². The van der Waals surface area contributed by atoms with E-state index >= 15 is 0 Å². The van der Waals surface area contributed by atoms with Crippen molar-refractivity contribution in [3.05, 3.63) is 23.5 Å². The van der Waals surface area contributed by atoms with Crippen molar-refractivity contribution in [1.29, 1.82) is 0 Å². The number of carbonyl (C=O) groups excluding carboxylic acids is 2. The number of allylic oxidation sites excluding steroid dienone is 4. The number of nitrogens with zero attached hydrogens (tertiary/aromatic N) is 4. The molecule has 0 saturated heterocycles. The van der Waals surface area contributed by atoms with E-state index in [-0.39, 0.29) is 64.7 Å². The fourth-order valence-corrected chi connectivity index (χ4v) is 4.34. The molecule has 9 heteroatoms. The van der Waals surface area contributed by atoms with E-state index in [1.165, 1.54) is 0 Å². The molecule has 0 bridgehead atoms. The minimum absolute atomic E-state index is 0. The van der Waals surface area contributed by atoms with Gasteiger partial charge in [-0.25, -0.2) is 9.98 Å². The van der Waals surface area contributed by atoms with Crippen molar-refractivity contribution in [2.24, 2.45) is 41.6 Å². The van der Waals surface area contributed by atoms with Gasteiger partial charge in [0.1, 0.15) is 0 Å². The van der Waals surface area contributed by atoms with Crippen LogP contribution in [-0.2, 0) is 29.1 Å². The van der Waals surface area contributed by atoms with Crippen LogP contribution in [-0.4, -0.2) is 35.0 Å². The Balaban J connectivity index is 0.000000240. The summed E-state index contributed by atoms with van der Waals surface area (Å²) in [4.78, 5) is 38.8. The van der Waals surface area contributed by atoms with Gasteiger partial charge in [0.15, 0.2) is 0 Å². The molecular weight excluding hydrogens is 498 g/mol. The molecule has 4 aliphatic heterocycles. The predicted molar refractivity (Wildman–Crippen MR) is 130 cm³/mol. The van der Waals surface area contributed by atoms with E-state index in [2.05, 4.69) is 20.0 Å². The topological polar surface area (TPSA) is 130 Å². The van der Waals surface area contributed by atoms with Crippen LogP contribution in [0.3, 0.4) is 0 Å². The largest absolute Gasteiger partial charge is 2.00 e. The maximum atomic E-state index is 11.4. The molecular formula is C26H34N4O4Zn. The first-order valence-electron chi connectivity index (χ1n) is 11.6. The summed E-state index contributed by atoms with van der Waals surface area (Å²) >= 11 is 0. The number of hydrogen-bond acceptors (Lipinski definition) is 6. The third-order valence-electron chi connectivity index (χ3n) is 6.67. The molecule has 0 aromatic heterocycles. The van der Waals surface area contributed by atoms with Gasteiger partial charge in [0.2, 0.25) is 11.8 Å². The fourth-order valence-electron chi connectivity index (χ4n) is 4.34. The van der Waals surface area contributed by atoms with E-state index in [0.29, 0.717) is 25.7 Å². The second-order valence-corrected chi connectivity index (χ2v) is 12.1. The Kier molecular flexibility index (Phi) is 7.98. The second kappa shape index (κ2) is 9.64. The molecule has 2 amide bonds. The van der Waals surface area contributed by atoms with Crippen LogP contribution in [0.15, 0.2) is 43.5 Å². The SMILES string of the molecule is CC1(C)CC(=O)N=C1/C=C1\N=C([O-])CC1(C)C.CC1(C)CC(=O)N=C1/C=C1\N=C([O-])CC1(C)C.[Zn+2]. The van der Waals surface area contributed by atoms with Crippen LogP contribution in [0, 0.1) is 21.7 Å². The van der Waals surface area contributed by atoms with Gasteiger partial charge in [-0.15, -0.1) is 0 Å². The van der Waals surface area contributed by atoms with Crippen LogP contribution in [0.2, 0.25) is 0 Å². The molecule has 35 heavy (non-hydrogen) atoms. The Morgan fingerprint density at radius 3 is 1.09 bits per heavy atom. The Morgan fingerprint density at radius 1 is 0.571 bits per heavy atom. The van der Waals surface area contributed by atoms with Crippen molar-refractivity contribution < 1.29 is 39.3 Å². The van der Waals surface area contributed by atoms with E-state index in [1.807, 2.05) is 67.5 Å². The monoisotopic (exact) mass is 530 g/mol. The molecule has 8 nitrogen and oxygen atoms in total. The Morgan fingerprint density at radius 2 is 0.886 bits per heavy atom. The summed E-state index contributed by atoms with van der Waals surface area (Å²) in [7, 11) is 0. The quantitative estimate of drug-likeness (QED) is 0.507. The normalized spacial score (nSPS) is 27.7. The summed E-state index contributed by atoms with van der Waals surface area (Å²) in [5, 5.41) is 22.7. The molecule has 0 radical (unpaired) electrons. The fraction of sp³-hybridized carbons (Fsp3) is 0.615. The predicted octanol–water partition coefficient (Wildman–Crippen LogP) is 2.91. The zero-order chi connectivity index (χ0) is 25.7. The van der Waals surface area contributed by atoms with Crippen LogP contribution >= 0.6 is 0 Å². The van der Waals surface area contributed by atoms with Gasteiger partial charge in [0, 0.05) is 45.9 Å². The molecule has 4 rings (SSSR count). The van der Waals surface area contributed by atoms with Crippen molar-refractivity contribution >= 4 is 35.0 Å². The molecule has 0 fully saturated rings. The molecule has 0 saturated carbocycles. The molecule has 4 heterocycles. The average Bonchev–Trinajstić information content (AvgIpc) is 3.23. The van der Waals surface area contributed by atoms with Crippen LogP contribution in [0.5, 0.6) is 0 Å². The summed E-state index contributed by atoms with van der Waals surface area (Å²) in [5.41, 5.74) is 1.96. The van der Waals surface area contributed by atoms with E-state index in [9.17, 15) is 19.8 Å². The summed E-state index contributed by atoms with van der Waals surface area (Å²) < 4.78 is 0. The van der Waals surface area contributed by atoms with Crippen molar-refractivity contribution in [3.63, 3.8) is 0 Å². The molecule has 4 aliphatic rings. The van der Waals surface area contributed by atoms with E-state index in [4.69, 9.17) is 0 Å². The number of hydrogen-bond donors (Lipinski definition) is 0. The zero-order valence-corrected chi connectivity index (χ0v) is 25.1. The maximum absolute atomic E-state index is 11.4. The molecule has 0 aromatic carbocycles. The molecule has 0 spiro atoms. The minimum atomic E-state index is -0.249. The van der Waals surface area contributed by atoms with Crippen molar-refractivity contribution in [2.45, 2.75) is 81.1 Å². The smallest absolute Gasteiger partial charge is 0.862 e. The van der Waals surface area contributed by atoms with Crippen molar-refractivity contribution in [2.75, 3.05) is 0 Å². The van der Waals surface area contributed by atoms with Crippen LogP contribution in [0.4, 0.5) is 0 Å². The minimum Gasteiger partial charge on any atom is -0.862 e. The van der Waals surface area contributed by atoms with Gasteiger partial charge in [-0.2, -0.15) is 0 Å². The summed E-state index contributed by atoms with van der Waals surface area (Å²) in [5.74, 6) is -0.374. The maximum Gasteiger partial charge on any atom is 2.00 e. The Hall–Kier alpha value is -2.28. The first kappa shape index (κ1) is 29.0. The Labute approximate surface area is 220 Å². The molecule has 0 aliphatic carbocycles. The molecule has 0 atom stereocenters. The first-order valence-corrected chi connectivity index (χ1v) is 11.6. The van der Waals surface area contributed by atoms with Gasteiger partial charge in [-0.3, -0.25) is 19.6 Å². The van der Waals surface area contributed by atoms with Crippen molar-refractivity contribution in [1.82, 2.24) is 0 Å². The van der Waals surface area contributed by atoms with Crippen LogP contribution in [0.1, 0.15) is 81.1 Å². The molecule has 0 aromatic rings. The third-order valence-corrected chi connectivity index (χ3v) is 6.67. The number of rotatable bonds is 2. The molecule has 184 valence electrons. The molecule has 0 unspecified atom stereocenters. The van der Waals surface area contributed by atoms with Crippen LogP contribution < -0.4 is 10.2 Å². The average molecular weight is 532 g/mol. The Bertz CT molecular complexity index is 1030. The van der Waals surface area contributed by atoms with Crippen molar-refractivity contribution in [3.8, 4) is 0 Å². The van der Waals surface area contributed by atoms with Gasteiger partial charge in [-0.1, -0.05) is 55.4 Å². The number of carbonyl (C=O) groups is 2. The van der Waals surface area contributed by atoms with E-state index in [0.717, 1.165) is 22.8 Å². The van der Waals surface area contributed by atoms with E-state index < -0.39 is 0 Å². The summed E-state index contributed by atoms with van der Waals surface area (Å²) in [6.45, 7) is 15.9. The second-order valence-electron chi connectivity index (χ2n) is 12.1. The summed E-state index contributed by atoms with van der Waals surface area (Å²) in [6.07, 6.45) is 5.35. The third kappa shape index (κ3) is 6.49. The van der Waals surface area contributed by atoms with Gasteiger partial charge < -0.3 is 10.2 Å². The first-order chi connectivity index (χ1) is 15.4. The zero-order valence-electron chi connectivity index (χ0n) is 22.1.